The van der Waals surface area contributed by atoms with Crippen LogP contribution < -0.4 is 0 Å². The van der Waals surface area contributed by atoms with E-state index in [-0.39, 0.29) is 0 Å². The van der Waals surface area contributed by atoms with Gasteiger partial charge in [0.05, 0.1) is 0 Å². The lowest BCUT2D eigenvalue weighted by atomic mass is 9.71. The van der Waals surface area contributed by atoms with Gasteiger partial charge in [-0.3, -0.25) is 0 Å². The fraction of sp³-hybridized carbons (Fsp3) is 0.478. The molecule has 0 radical (unpaired) electrons. The van der Waals surface area contributed by atoms with Gasteiger partial charge in [-0.25, -0.2) is 0 Å². The largest absolute Gasteiger partial charge is 0.0622 e. The maximum absolute atomic E-state index is 2.44. The summed E-state index contributed by atoms with van der Waals surface area (Å²) in [5, 5.41) is 0. The van der Waals surface area contributed by atoms with Crippen LogP contribution in [0.3, 0.4) is 0 Å². The zero-order chi connectivity index (χ0) is 16.2. The average Bonchev–Trinajstić information content (AvgIpc) is 2.57. The minimum atomic E-state index is 0.768. The highest BCUT2D eigenvalue weighted by Gasteiger charge is 2.27. The van der Waals surface area contributed by atoms with Crippen LogP contribution in [0.15, 0.2) is 48.5 Å². The van der Waals surface area contributed by atoms with E-state index < -0.39 is 0 Å². The van der Waals surface area contributed by atoms with Gasteiger partial charge in [0.25, 0.3) is 0 Å². The standard InChI is InChI=1S/C23H30/c1-17-7-9-20(10-8-17)11-12-21-13-15-22(16-14-21)23-6-4-5-18(2)19(23)3/h7-10,13-16,18-19,23H,4-6,11-12H2,1-3H3. The Morgan fingerprint density at radius 3 is 1.96 bits per heavy atom. The fourth-order valence-electron chi connectivity index (χ4n) is 4.03. The molecule has 0 aromatic heterocycles. The van der Waals surface area contributed by atoms with Gasteiger partial charge in [0.2, 0.25) is 0 Å². The summed E-state index contributed by atoms with van der Waals surface area (Å²) in [7, 11) is 0. The van der Waals surface area contributed by atoms with Gasteiger partial charge in [-0.2, -0.15) is 0 Å². The molecule has 0 saturated heterocycles. The zero-order valence-corrected chi connectivity index (χ0v) is 14.9. The summed E-state index contributed by atoms with van der Waals surface area (Å²) in [6, 6.07) is 18.4. The van der Waals surface area contributed by atoms with Crippen molar-refractivity contribution >= 4 is 0 Å². The Labute approximate surface area is 141 Å². The van der Waals surface area contributed by atoms with E-state index in [4.69, 9.17) is 0 Å². The van der Waals surface area contributed by atoms with E-state index >= 15 is 0 Å². The first kappa shape index (κ1) is 16.3. The van der Waals surface area contributed by atoms with Crippen LogP contribution >= 0.6 is 0 Å². The minimum absolute atomic E-state index is 0.768. The molecule has 0 spiro atoms. The number of hydrogen-bond donors (Lipinski definition) is 0. The number of aryl methyl sites for hydroxylation is 3. The lowest BCUT2D eigenvalue weighted by molar-refractivity contribution is 0.238. The van der Waals surface area contributed by atoms with Crippen molar-refractivity contribution in [3.05, 3.63) is 70.8 Å². The molecule has 0 heterocycles. The van der Waals surface area contributed by atoms with Gasteiger partial charge in [-0.05, 0) is 60.6 Å². The van der Waals surface area contributed by atoms with E-state index in [0.717, 1.165) is 30.6 Å². The summed E-state index contributed by atoms with van der Waals surface area (Å²) in [5.41, 5.74) is 5.80. The van der Waals surface area contributed by atoms with Crippen molar-refractivity contribution < 1.29 is 0 Å². The van der Waals surface area contributed by atoms with Crippen molar-refractivity contribution in [3.8, 4) is 0 Å². The van der Waals surface area contributed by atoms with Gasteiger partial charge in [0.1, 0.15) is 0 Å². The van der Waals surface area contributed by atoms with Crippen molar-refractivity contribution in [1.29, 1.82) is 0 Å². The summed E-state index contributed by atoms with van der Waals surface area (Å²) >= 11 is 0. The molecule has 3 rings (SSSR count). The van der Waals surface area contributed by atoms with Crippen LogP contribution in [0.25, 0.3) is 0 Å². The Morgan fingerprint density at radius 2 is 1.35 bits per heavy atom. The SMILES string of the molecule is Cc1ccc(CCc2ccc(C3CCCC(C)C3C)cc2)cc1. The predicted molar refractivity (Wildman–Crippen MR) is 99.9 cm³/mol. The molecule has 0 heteroatoms. The third-order valence-corrected chi connectivity index (χ3v) is 5.94. The van der Waals surface area contributed by atoms with Gasteiger partial charge >= 0.3 is 0 Å². The summed E-state index contributed by atoms with van der Waals surface area (Å²) in [5.74, 6) is 2.46. The van der Waals surface area contributed by atoms with Crippen LogP contribution in [0.1, 0.15) is 61.3 Å². The predicted octanol–water partition coefficient (Wildman–Crippen LogP) is 6.32. The molecule has 3 atom stereocenters. The first-order valence-electron chi connectivity index (χ1n) is 9.28. The van der Waals surface area contributed by atoms with Crippen molar-refractivity contribution in [2.45, 2.75) is 58.8 Å². The molecule has 0 bridgehead atoms. The van der Waals surface area contributed by atoms with Crippen molar-refractivity contribution in [2.75, 3.05) is 0 Å². The summed E-state index contributed by atoms with van der Waals surface area (Å²) in [6.45, 7) is 7.02. The lowest BCUT2D eigenvalue weighted by Crippen LogP contribution is -2.22. The summed E-state index contributed by atoms with van der Waals surface area (Å²) in [6.07, 6.45) is 6.45. The van der Waals surface area contributed by atoms with E-state index in [1.807, 2.05) is 0 Å². The quantitative estimate of drug-likeness (QED) is 0.620. The van der Waals surface area contributed by atoms with E-state index in [9.17, 15) is 0 Å². The monoisotopic (exact) mass is 306 g/mol. The molecule has 2 aromatic rings. The molecule has 0 amide bonds. The topological polar surface area (TPSA) is 0 Å². The normalized spacial score (nSPS) is 24.6. The van der Waals surface area contributed by atoms with Gasteiger partial charge < -0.3 is 0 Å². The van der Waals surface area contributed by atoms with Gasteiger partial charge in [-0.15, -0.1) is 0 Å². The molecule has 1 fully saturated rings. The van der Waals surface area contributed by atoms with E-state index in [0.29, 0.717) is 0 Å². The fourth-order valence-corrected chi connectivity index (χ4v) is 4.03. The van der Waals surface area contributed by atoms with Crippen LogP contribution in [0.4, 0.5) is 0 Å². The second-order valence-corrected chi connectivity index (χ2v) is 7.60. The second-order valence-electron chi connectivity index (χ2n) is 7.60. The Balaban J connectivity index is 1.61. The maximum atomic E-state index is 2.44. The highest BCUT2D eigenvalue weighted by atomic mass is 14.3. The smallest absolute Gasteiger partial charge is 0.0134 e. The molecule has 1 aliphatic rings. The van der Waals surface area contributed by atoms with E-state index in [1.165, 1.54) is 36.0 Å². The first-order chi connectivity index (χ1) is 11.1. The van der Waals surface area contributed by atoms with Crippen LogP contribution in [0, 0.1) is 18.8 Å². The molecular weight excluding hydrogens is 276 g/mol. The number of benzene rings is 2. The van der Waals surface area contributed by atoms with Gasteiger partial charge in [0, 0.05) is 0 Å². The van der Waals surface area contributed by atoms with Crippen LogP contribution in [-0.2, 0) is 12.8 Å². The molecule has 0 aliphatic heterocycles. The molecule has 2 aromatic carbocycles. The molecule has 0 N–H and O–H groups in total. The Bertz CT molecular complexity index is 605. The Morgan fingerprint density at radius 1 is 0.783 bits per heavy atom. The van der Waals surface area contributed by atoms with Crippen molar-refractivity contribution in [2.24, 2.45) is 11.8 Å². The average molecular weight is 306 g/mol. The van der Waals surface area contributed by atoms with Crippen LogP contribution in [0.5, 0.6) is 0 Å². The summed E-state index contributed by atoms with van der Waals surface area (Å²) in [4.78, 5) is 0. The first-order valence-corrected chi connectivity index (χ1v) is 9.28. The van der Waals surface area contributed by atoms with Crippen molar-refractivity contribution in [1.82, 2.24) is 0 Å². The highest BCUT2D eigenvalue weighted by Crippen LogP contribution is 2.40. The Kier molecular flexibility index (Phi) is 5.20. The molecule has 23 heavy (non-hydrogen) atoms. The molecule has 1 aliphatic carbocycles. The highest BCUT2D eigenvalue weighted by molar-refractivity contribution is 5.28. The molecule has 0 nitrogen and oxygen atoms in total. The lowest BCUT2D eigenvalue weighted by Gasteiger charge is -2.34. The number of hydrogen-bond acceptors (Lipinski definition) is 0. The molecular formula is C23H30. The Hall–Kier alpha value is -1.56. The molecule has 122 valence electrons. The van der Waals surface area contributed by atoms with Gasteiger partial charge in [-0.1, -0.05) is 80.8 Å². The zero-order valence-electron chi connectivity index (χ0n) is 14.9. The maximum Gasteiger partial charge on any atom is -0.0134 e. The van der Waals surface area contributed by atoms with Gasteiger partial charge in [0.15, 0.2) is 0 Å². The van der Waals surface area contributed by atoms with E-state index in [2.05, 4.69) is 69.3 Å². The molecule has 3 unspecified atom stereocenters. The summed E-state index contributed by atoms with van der Waals surface area (Å²) < 4.78 is 0. The second kappa shape index (κ2) is 7.34. The number of rotatable bonds is 4. The van der Waals surface area contributed by atoms with Crippen molar-refractivity contribution in [3.63, 3.8) is 0 Å². The van der Waals surface area contributed by atoms with E-state index in [1.54, 1.807) is 5.56 Å². The molecule has 1 saturated carbocycles. The third-order valence-electron chi connectivity index (χ3n) is 5.94. The minimum Gasteiger partial charge on any atom is -0.0622 e. The van der Waals surface area contributed by atoms with Crippen LogP contribution in [0.2, 0.25) is 0 Å². The van der Waals surface area contributed by atoms with Crippen LogP contribution in [-0.4, -0.2) is 0 Å². The third kappa shape index (κ3) is 4.05.